The maximum Gasteiger partial charge on any atom is 0.133 e. The lowest BCUT2D eigenvalue weighted by Crippen LogP contribution is -1.83. The van der Waals surface area contributed by atoms with Crippen LogP contribution in [0.5, 0.6) is 0 Å². The van der Waals surface area contributed by atoms with E-state index in [1.807, 2.05) is 6.08 Å². The van der Waals surface area contributed by atoms with Crippen molar-refractivity contribution in [3.63, 3.8) is 0 Å². The first kappa shape index (κ1) is 13.2. The van der Waals surface area contributed by atoms with Crippen molar-refractivity contribution in [3.8, 4) is 0 Å². The molecule has 0 spiro atoms. The summed E-state index contributed by atoms with van der Waals surface area (Å²) in [7, 11) is 0. The maximum atomic E-state index is 10.6. The molecule has 0 heterocycles. The first-order valence-electron chi connectivity index (χ1n) is 5.56. The molecule has 0 N–H and O–H groups in total. The molecular formula is C13H22O. The highest BCUT2D eigenvalue weighted by atomic mass is 16.1. The summed E-state index contributed by atoms with van der Waals surface area (Å²) in [6, 6.07) is 0. The van der Waals surface area contributed by atoms with E-state index in [0.717, 1.165) is 6.42 Å². The van der Waals surface area contributed by atoms with E-state index in [1.54, 1.807) is 6.92 Å². The van der Waals surface area contributed by atoms with Crippen molar-refractivity contribution in [1.82, 2.24) is 0 Å². The Labute approximate surface area is 87.9 Å². The summed E-state index contributed by atoms with van der Waals surface area (Å²) < 4.78 is 0. The number of carbonyl (C=O) groups is 1. The van der Waals surface area contributed by atoms with Crippen LogP contribution in [0.2, 0.25) is 0 Å². The van der Waals surface area contributed by atoms with Gasteiger partial charge in [-0.15, -0.1) is 0 Å². The Bertz CT molecular complexity index is 189. The monoisotopic (exact) mass is 194 g/mol. The molecule has 80 valence electrons. The van der Waals surface area contributed by atoms with Crippen molar-refractivity contribution < 1.29 is 4.79 Å². The van der Waals surface area contributed by atoms with Crippen LogP contribution in [0.15, 0.2) is 24.3 Å². The average Bonchev–Trinajstić information content (AvgIpc) is 2.15. The zero-order chi connectivity index (χ0) is 10.6. The van der Waals surface area contributed by atoms with Crippen molar-refractivity contribution in [2.45, 2.75) is 52.4 Å². The standard InChI is InChI=1S/C13H22O/c1-3-4-5-6-7-8-9-10-11-12-13(2)14/h7-8,10-11H,3-6,9,12H2,1-2H3/b8-7-,11-10-. The molecule has 1 nitrogen and oxygen atoms in total. The second kappa shape index (κ2) is 10.2. The van der Waals surface area contributed by atoms with Crippen LogP contribution in [0.4, 0.5) is 0 Å². The molecule has 0 unspecified atom stereocenters. The zero-order valence-electron chi connectivity index (χ0n) is 9.46. The number of hydrogen-bond acceptors (Lipinski definition) is 1. The SMILES string of the molecule is CCCCC/C=C\C/C=C\CC(C)=O. The highest BCUT2D eigenvalue weighted by Crippen LogP contribution is 2.00. The Morgan fingerprint density at radius 3 is 2.43 bits per heavy atom. The Kier molecular flexibility index (Phi) is 9.61. The fourth-order valence-electron chi connectivity index (χ4n) is 1.15. The summed E-state index contributed by atoms with van der Waals surface area (Å²) in [6.07, 6.45) is 15.0. The maximum absolute atomic E-state index is 10.6. The minimum atomic E-state index is 0.230. The van der Waals surface area contributed by atoms with E-state index >= 15 is 0 Å². The van der Waals surface area contributed by atoms with Gasteiger partial charge in [0.2, 0.25) is 0 Å². The van der Waals surface area contributed by atoms with Crippen LogP contribution in [-0.2, 0) is 4.79 Å². The fourth-order valence-corrected chi connectivity index (χ4v) is 1.15. The number of unbranched alkanes of at least 4 members (excludes halogenated alkanes) is 3. The number of carbonyl (C=O) groups excluding carboxylic acids is 1. The third-order valence-corrected chi connectivity index (χ3v) is 1.99. The van der Waals surface area contributed by atoms with Crippen molar-refractivity contribution in [1.29, 1.82) is 0 Å². The van der Waals surface area contributed by atoms with Gasteiger partial charge < -0.3 is 0 Å². The van der Waals surface area contributed by atoms with E-state index in [2.05, 4.69) is 25.2 Å². The van der Waals surface area contributed by atoms with E-state index in [1.165, 1.54) is 25.7 Å². The second-order valence-electron chi connectivity index (χ2n) is 3.58. The van der Waals surface area contributed by atoms with Crippen LogP contribution >= 0.6 is 0 Å². The van der Waals surface area contributed by atoms with E-state index in [-0.39, 0.29) is 5.78 Å². The third kappa shape index (κ3) is 11.2. The van der Waals surface area contributed by atoms with Gasteiger partial charge in [-0.05, 0) is 26.2 Å². The van der Waals surface area contributed by atoms with Crippen LogP contribution in [0.25, 0.3) is 0 Å². The third-order valence-electron chi connectivity index (χ3n) is 1.99. The Hall–Kier alpha value is -0.850. The largest absolute Gasteiger partial charge is 0.300 e. The number of Topliss-reactive ketones (excluding diaryl/α,β-unsaturated/α-hetero) is 1. The van der Waals surface area contributed by atoms with Gasteiger partial charge in [-0.25, -0.2) is 0 Å². The van der Waals surface area contributed by atoms with Crippen LogP contribution in [0.3, 0.4) is 0 Å². The zero-order valence-corrected chi connectivity index (χ0v) is 9.46. The van der Waals surface area contributed by atoms with Crippen molar-refractivity contribution in [2.24, 2.45) is 0 Å². The molecule has 0 aromatic carbocycles. The highest BCUT2D eigenvalue weighted by Gasteiger charge is 1.84. The molecule has 0 saturated carbocycles. The number of rotatable bonds is 8. The molecule has 0 aliphatic carbocycles. The second-order valence-corrected chi connectivity index (χ2v) is 3.58. The molecule has 0 aliphatic heterocycles. The minimum Gasteiger partial charge on any atom is -0.300 e. The molecule has 0 fully saturated rings. The smallest absolute Gasteiger partial charge is 0.133 e. The fraction of sp³-hybridized carbons (Fsp3) is 0.615. The Balaban J connectivity index is 3.25. The Morgan fingerprint density at radius 2 is 1.79 bits per heavy atom. The topological polar surface area (TPSA) is 17.1 Å². The van der Waals surface area contributed by atoms with Crippen LogP contribution in [0.1, 0.15) is 52.4 Å². The summed E-state index contributed by atoms with van der Waals surface area (Å²) in [4.78, 5) is 10.6. The number of hydrogen-bond donors (Lipinski definition) is 0. The van der Waals surface area contributed by atoms with Gasteiger partial charge in [-0.1, -0.05) is 44.1 Å². The molecule has 0 atom stereocenters. The van der Waals surface area contributed by atoms with Gasteiger partial charge >= 0.3 is 0 Å². The van der Waals surface area contributed by atoms with E-state index in [9.17, 15) is 4.79 Å². The molecule has 0 bridgehead atoms. The van der Waals surface area contributed by atoms with Crippen molar-refractivity contribution >= 4 is 5.78 Å². The summed E-state index contributed by atoms with van der Waals surface area (Å²) in [5.41, 5.74) is 0. The predicted molar refractivity (Wildman–Crippen MR) is 62.3 cm³/mol. The molecule has 14 heavy (non-hydrogen) atoms. The molecule has 1 heteroatoms. The molecule has 0 aromatic heterocycles. The minimum absolute atomic E-state index is 0.230. The number of allylic oxidation sites excluding steroid dienone is 4. The molecule has 0 saturated heterocycles. The first-order chi connectivity index (χ1) is 6.77. The Morgan fingerprint density at radius 1 is 1.07 bits per heavy atom. The molecule has 0 radical (unpaired) electrons. The predicted octanol–water partition coefficient (Wildman–Crippen LogP) is 4.05. The van der Waals surface area contributed by atoms with Gasteiger partial charge in [-0.3, -0.25) is 4.79 Å². The van der Waals surface area contributed by atoms with Crippen molar-refractivity contribution in [3.05, 3.63) is 24.3 Å². The van der Waals surface area contributed by atoms with Gasteiger partial charge in [-0.2, -0.15) is 0 Å². The lowest BCUT2D eigenvalue weighted by atomic mass is 10.2. The molecule has 0 amide bonds. The van der Waals surface area contributed by atoms with E-state index in [4.69, 9.17) is 0 Å². The molecule has 0 aliphatic rings. The first-order valence-corrected chi connectivity index (χ1v) is 5.56. The lowest BCUT2D eigenvalue weighted by Gasteiger charge is -1.90. The summed E-state index contributed by atoms with van der Waals surface area (Å²) in [6.45, 7) is 3.83. The summed E-state index contributed by atoms with van der Waals surface area (Å²) >= 11 is 0. The van der Waals surface area contributed by atoms with Crippen LogP contribution < -0.4 is 0 Å². The average molecular weight is 194 g/mol. The van der Waals surface area contributed by atoms with Gasteiger partial charge in [0, 0.05) is 6.42 Å². The van der Waals surface area contributed by atoms with Gasteiger partial charge in [0.1, 0.15) is 5.78 Å². The van der Waals surface area contributed by atoms with Crippen LogP contribution in [-0.4, -0.2) is 5.78 Å². The van der Waals surface area contributed by atoms with Gasteiger partial charge in [0.05, 0.1) is 0 Å². The van der Waals surface area contributed by atoms with Gasteiger partial charge in [0.15, 0.2) is 0 Å². The normalized spacial score (nSPS) is 11.6. The summed E-state index contributed by atoms with van der Waals surface area (Å²) in [5, 5.41) is 0. The van der Waals surface area contributed by atoms with E-state index < -0.39 is 0 Å². The van der Waals surface area contributed by atoms with Crippen molar-refractivity contribution in [2.75, 3.05) is 0 Å². The van der Waals surface area contributed by atoms with Crippen LogP contribution in [0, 0.1) is 0 Å². The van der Waals surface area contributed by atoms with E-state index in [0.29, 0.717) is 6.42 Å². The molecule has 0 rings (SSSR count). The highest BCUT2D eigenvalue weighted by molar-refractivity contribution is 5.76. The lowest BCUT2D eigenvalue weighted by molar-refractivity contribution is -0.116. The summed E-state index contributed by atoms with van der Waals surface area (Å²) in [5.74, 6) is 0.230. The van der Waals surface area contributed by atoms with Gasteiger partial charge in [0.25, 0.3) is 0 Å². The molecular weight excluding hydrogens is 172 g/mol. The number of ketones is 1. The molecule has 0 aromatic rings. The quantitative estimate of drug-likeness (QED) is 0.421.